The van der Waals surface area contributed by atoms with Crippen LogP contribution < -0.4 is 14.4 Å². The van der Waals surface area contributed by atoms with Crippen LogP contribution in [0.25, 0.3) is 0 Å². The molecule has 7 heteroatoms. The van der Waals surface area contributed by atoms with Crippen molar-refractivity contribution in [1.29, 1.82) is 0 Å². The fourth-order valence-electron chi connectivity index (χ4n) is 2.06. The third-order valence-corrected chi connectivity index (χ3v) is 5.08. The highest BCUT2D eigenvalue weighted by atomic mass is 32.2. The fraction of sp³-hybridized carbons (Fsp3) is 0.500. The zero-order valence-corrected chi connectivity index (χ0v) is 12.0. The molecule has 1 aliphatic heterocycles. The van der Waals surface area contributed by atoms with Gasteiger partial charge in [0.1, 0.15) is 5.75 Å². The van der Waals surface area contributed by atoms with Crippen molar-refractivity contribution in [1.82, 2.24) is 9.62 Å². The molecule has 1 saturated heterocycles. The van der Waals surface area contributed by atoms with Crippen molar-refractivity contribution < 1.29 is 13.2 Å². The van der Waals surface area contributed by atoms with Crippen LogP contribution in [0.3, 0.4) is 0 Å². The number of hydrogen-bond acceptors (Lipinski definition) is 4. The van der Waals surface area contributed by atoms with Gasteiger partial charge >= 0.3 is 10.2 Å². The molecular formula is C12H19N3O3S. The molecule has 1 aromatic carbocycles. The van der Waals surface area contributed by atoms with E-state index in [1.807, 2.05) is 6.07 Å². The molecule has 6 nitrogen and oxygen atoms in total. The first kappa shape index (κ1) is 14.1. The SMILES string of the molecule is COc1ccccc1N(C)S(=O)(=O)N1CCNCC1. The molecule has 1 heterocycles. The smallest absolute Gasteiger partial charge is 0.304 e. The van der Waals surface area contributed by atoms with Gasteiger partial charge in [0.05, 0.1) is 12.8 Å². The number of ether oxygens (including phenoxy) is 1. The molecule has 106 valence electrons. The number of methoxy groups -OCH3 is 1. The summed E-state index contributed by atoms with van der Waals surface area (Å²) >= 11 is 0. The van der Waals surface area contributed by atoms with E-state index in [9.17, 15) is 8.42 Å². The lowest BCUT2D eigenvalue weighted by molar-refractivity contribution is 0.359. The minimum atomic E-state index is -3.50. The van der Waals surface area contributed by atoms with Crippen molar-refractivity contribution >= 4 is 15.9 Å². The van der Waals surface area contributed by atoms with Crippen LogP contribution in [-0.4, -0.2) is 53.1 Å². The lowest BCUT2D eigenvalue weighted by Crippen LogP contribution is -2.51. The largest absolute Gasteiger partial charge is 0.495 e. The van der Waals surface area contributed by atoms with Gasteiger partial charge in [0.2, 0.25) is 0 Å². The van der Waals surface area contributed by atoms with Gasteiger partial charge in [-0.3, -0.25) is 4.31 Å². The van der Waals surface area contributed by atoms with E-state index in [1.54, 1.807) is 25.2 Å². The van der Waals surface area contributed by atoms with Gasteiger partial charge in [0, 0.05) is 33.2 Å². The van der Waals surface area contributed by atoms with Gasteiger partial charge < -0.3 is 10.1 Å². The number of piperazine rings is 1. The Morgan fingerprint density at radius 1 is 1.26 bits per heavy atom. The average Bonchev–Trinajstić information content (AvgIpc) is 2.47. The Morgan fingerprint density at radius 2 is 1.89 bits per heavy atom. The van der Waals surface area contributed by atoms with Gasteiger partial charge in [-0.2, -0.15) is 12.7 Å². The second-order valence-corrected chi connectivity index (χ2v) is 6.26. The van der Waals surface area contributed by atoms with E-state index in [-0.39, 0.29) is 0 Å². The summed E-state index contributed by atoms with van der Waals surface area (Å²) < 4.78 is 33.0. The highest BCUT2D eigenvalue weighted by Gasteiger charge is 2.29. The highest BCUT2D eigenvalue weighted by molar-refractivity contribution is 7.90. The number of para-hydroxylation sites is 2. The first-order chi connectivity index (χ1) is 9.07. The Morgan fingerprint density at radius 3 is 2.53 bits per heavy atom. The molecule has 0 aromatic heterocycles. The first-order valence-corrected chi connectivity index (χ1v) is 7.55. The van der Waals surface area contributed by atoms with Crippen molar-refractivity contribution in [2.75, 3.05) is 44.6 Å². The van der Waals surface area contributed by atoms with Gasteiger partial charge in [0.15, 0.2) is 0 Å². The van der Waals surface area contributed by atoms with E-state index in [4.69, 9.17) is 4.74 Å². The zero-order chi connectivity index (χ0) is 13.9. The Bertz CT molecular complexity index is 527. The van der Waals surface area contributed by atoms with E-state index < -0.39 is 10.2 Å². The predicted octanol–water partition coefficient (Wildman–Crippen LogP) is 0.281. The maximum Gasteiger partial charge on any atom is 0.304 e. The van der Waals surface area contributed by atoms with Crippen molar-refractivity contribution in [3.8, 4) is 5.75 Å². The third-order valence-electron chi connectivity index (χ3n) is 3.17. The van der Waals surface area contributed by atoms with Gasteiger partial charge in [-0.05, 0) is 12.1 Å². The molecule has 1 aromatic rings. The number of nitrogens with zero attached hydrogens (tertiary/aromatic N) is 2. The molecule has 0 amide bonds. The van der Waals surface area contributed by atoms with Crippen LogP contribution in [-0.2, 0) is 10.2 Å². The normalized spacial score (nSPS) is 17.2. The number of rotatable bonds is 4. The summed E-state index contributed by atoms with van der Waals surface area (Å²) in [5.74, 6) is 0.545. The molecule has 2 rings (SSSR count). The molecule has 19 heavy (non-hydrogen) atoms. The van der Waals surface area contributed by atoms with Crippen molar-refractivity contribution in [2.45, 2.75) is 0 Å². The number of nitrogens with one attached hydrogen (secondary N) is 1. The van der Waals surface area contributed by atoms with Crippen LogP contribution in [0.1, 0.15) is 0 Å². The second kappa shape index (κ2) is 5.77. The number of hydrogen-bond donors (Lipinski definition) is 1. The summed E-state index contributed by atoms with van der Waals surface area (Å²) in [6.07, 6.45) is 0. The molecule has 0 radical (unpaired) electrons. The Kier molecular flexibility index (Phi) is 4.28. The molecular weight excluding hydrogens is 266 g/mol. The molecule has 0 unspecified atom stereocenters. The van der Waals surface area contributed by atoms with E-state index in [0.717, 1.165) is 0 Å². The summed E-state index contributed by atoms with van der Waals surface area (Å²) in [4.78, 5) is 0. The van der Waals surface area contributed by atoms with Gasteiger partial charge in [-0.15, -0.1) is 0 Å². The molecule has 0 bridgehead atoms. The van der Waals surface area contributed by atoms with Gasteiger partial charge in [0.25, 0.3) is 0 Å². The fourth-order valence-corrected chi connectivity index (χ4v) is 3.45. The van der Waals surface area contributed by atoms with Crippen LogP contribution >= 0.6 is 0 Å². The van der Waals surface area contributed by atoms with Crippen LogP contribution in [0.15, 0.2) is 24.3 Å². The van der Waals surface area contributed by atoms with Crippen molar-refractivity contribution in [3.63, 3.8) is 0 Å². The predicted molar refractivity (Wildman–Crippen MR) is 74.8 cm³/mol. The topological polar surface area (TPSA) is 61.9 Å². The van der Waals surface area contributed by atoms with Crippen LogP contribution in [0.2, 0.25) is 0 Å². The van der Waals surface area contributed by atoms with Crippen LogP contribution in [0, 0.1) is 0 Å². The number of anilines is 1. The summed E-state index contributed by atoms with van der Waals surface area (Å²) in [5.41, 5.74) is 0.545. The standard InChI is InChI=1S/C12H19N3O3S/c1-14(11-5-3-4-6-12(11)18-2)19(16,17)15-9-7-13-8-10-15/h3-6,13H,7-10H2,1-2H3. The quantitative estimate of drug-likeness (QED) is 0.863. The van der Waals surface area contributed by atoms with Crippen molar-refractivity contribution in [2.24, 2.45) is 0 Å². The summed E-state index contributed by atoms with van der Waals surface area (Å²) in [5, 5.41) is 3.14. The van der Waals surface area contributed by atoms with E-state index in [2.05, 4.69) is 5.32 Å². The summed E-state index contributed by atoms with van der Waals surface area (Å²) in [7, 11) is -0.418. The first-order valence-electron chi connectivity index (χ1n) is 6.15. The Hall–Kier alpha value is -1.31. The highest BCUT2D eigenvalue weighted by Crippen LogP contribution is 2.29. The van der Waals surface area contributed by atoms with Gasteiger partial charge in [-0.1, -0.05) is 12.1 Å². The maximum atomic E-state index is 12.5. The minimum absolute atomic E-state index is 0.488. The summed E-state index contributed by atoms with van der Waals surface area (Å²) in [6.45, 7) is 2.33. The van der Waals surface area contributed by atoms with E-state index >= 15 is 0 Å². The zero-order valence-electron chi connectivity index (χ0n) is 11.2. The lowest BCUT2D eigenvalue weighted by Gasteiger charge is -2.31. The monoisotopic (exact) mass is 285 g/mol. The maximum absolute atomic E-state index is 12.5. The van der Waals surface area contributed by atoms with Crippen LogP contribution in [0.5, 0.6) is 5.75 Å². The Balaban J connectivity index is 2.29. The van der Waals surface area contributed by atoms with E-state index in [0.29, 0.717) is 37.6 Å². The lowest BCUT2D eigenvalue weighted by atomic mass is 10.3. The molecule has 0 spiro atoms. The molecule has 0 aliphatic carbocycles. The Labute approximate surface area is 114 Å². The van der Waals surface area contributed by atoms with E-state index in [1.165, 1.54) is 15.7 Å². The molecule has 1 N–H and O–H groups in total. The number of benzene rings is 1. The van der Waals surface area contributed by atoms with Crippen molar-refractivity contribution in [3.05, 3.63) is 24.3 Å². The molecule has 0 atom stereocenters. The minimum Gasteiger partial charge on any atom is -0.495 e. The van der Waals surface area contributed by atoms with Gasteiger partial charge in [-0.25, -0.2) is 0 Å². The summed E-state index contributed by atoms with van der Waals surface area (Å²) in [6, 6.07) is 7.09. The molecule has 1 aliphatic rings. The third kappa shape index (κ3) is 2.83. The molecule has 1 fully saturated rings. The second-order valence-electron chi connectivity index (χ2n) is 4.30. The molecule has 0 saturated carbocycles. The average molecular weight is 285 g/mol. The van der Waals surface area contributed by atoms with Crippen LogP contribution in [0.4, 0.5) is 5.69 Å².